The number of carbonyl (C=O) groups is 1. The Kier molecular flexibility index (Phi) is 11.0. The van der Waals surface area contributed by atoms with Crippen molar-refractivity contribution >= 4 is 5.97 Å². The van der Waals surface area contributed by atoms with Crippen molar-refractivity contribution in [2.24, 2.45) is 23.7 Å². The topological polar surface area (TPSA) is 109 Å². The van der Waals surface area contributed by atoms with Gasteiger partial charge in [0.05, 0.1) is 30.3 Å². The van der Waals surface area contributed by atoms with Gasteiger partial charge in [0.15, 0.2) is 6.29 Å². The molecule has 0 spiro atoms. The third-order valence-electron chi connectivity index (χ3n) is 7.35. The molecule has 0 bridgehead atoms. The molecule has 11 atom stereocenters. The Hall–Kier alpha value is -0.770. The molecule has 0 radical (unpaired) electrons. The standard InChI is InChI=1S/C25H47NO7/c1-14-8-17(4)32-22(10-14)33-24-16(3)11-20(27)9-15(2)12-26(7)19(6)23(29)21(28)13-31-25(30)18(24)5/h14-24,27-29H,8-13H2,1-7H3/t14?,15-,16-,17?,18?,19?,20?,21?,22+,23?,24+/m1/s1. The van der Waals surface area contributed by atoms with Crippen LogP contribution in [0.5, 0.6) is 0 Å². The number of hydrogen-bond donors (Lipinski definition) is 3. The third kappa shape index (κ3) is 8.44. The van der Waals surface area contributed by atoms with Gasteiger partial charge in [0.2, 0.25) is 0 Å². The molecule has 8 heteroatoms. The average Bonchev–Trinajstić information content (AvgIpc) is 2.72. The van der Waals surface area contributed by atoms with Crippen molar-refractivity contribution < 1.29 is 34.3 Å². The van der Waals surface area contributed by atoms with E-state index in [1.165, 1.54) is 0 Å². The number of cyclic esters (lactones) is 1. The number of rotatable bonds is 2. The van der Waals surface area contributed by atoms with Crippen LogP contribution < -0.4 is 0 Å². The first-order chi connectivity index (χ1) is 15.4. The minimum atomic E-state index is -1.19. The highest BCUT2D eigenvalue weighted by Gasteiger charge is 2.37. The molecular weight excluding hydrogens is 426 g/mol. The van der Waals surface area contributed by atoms with E-state index in [1.807, 2.05) is 32.7 Å². The zero-order chi connectivity index (χ0) is 24.9. The summed E-state index contributed by atoms with van der Waals surface area (Å²) in [5.41, 5.74) is 0. The second kappa shape index (κ2) is 12.8. The Labute approximate surface area is 199 Å². The normalized spacial score (nSPS) is 45.6. The van der Waals surface area contributed by atoms with Crippen LogP contribution in [0.25, 0.3) is 0 Å². The summed E-state index contributed by atoms with van der Waals surface area (Å²) in [4.78, 5) is 14.9. The highest BCUT2D eigenvalue weighted by atomic mass is 16.7. The van der Waals surface area contributed by atoms with Gasteiger partial charge in [-0.15, -0.1) is 0 Å². The first kappa shape index (κ1) is 28.5. The van der Waals surface area contributed by atoms with Gasteiger partial charge in [-0.05, 0) is 64.8 Å². The summed E-state index contributed by atoms with van der Waals surface area (Å²) in [6.45, 7) is 12.2. The van der Waals surface area contributed by atoms with E-state index >= 15 is 0 Å². The van der Waals surface area contributed by atoms with E-state index in [0.29, 0.717) is 25.3 Å². The monoisotopic (exact) mass is 473 g/mol. The quantitative estimate of drug-likeness (QED) is 0.524. The molecule has 0 saturated carbocycles. The molecule has 7 unspecified atom stereocenters. The van der Waals surface area contributed by atoms with E-state index in [0.717, 1.165) is 12.8 Å². The fourth-order valence-electron chi connectivity index (χ4n) is 5.34. The van der Waals surface area contributed by atoms with Crippen molar-refractivity contribution in [1.82, 2.24) is 4.90 Å². The van der Waals surface area contributed by atoms with Gasteiger partial charge in [-0.3, -0.25) is 4.79 Å². The SMILES string of the molecule is CC1CC(C)O[C@@H](O[C@@H]2C(C)C(=O)OCC(O)C(O)C(C)N(C)C[C@H](C)CC(O)C[C@H]2C)C1. The summed E-state index contributed by atoms with van der Waals surface area (Å²) in [5.74, 6) is -0.569. The molecule has 2 fully saturated rings. The van der Waals surface area contributed by atoms with Crippen LogP contribution in [0.4, 0.5) is 0 Å². The van der Waals surface area contributed by atoms with Crippen LogP contribution in [-0.4, -0.2) is 89.2 Å². The molecule has 2 rings (SSSR count). The number of aliphatic hydroxyl groups is 3. The van der Waals surface area contributed by atoms with E-state index in [-0.39, 0.29) is 30.6 Å². The van der Waals surface area contributed by atoms with Crippen molar-refractivity contribution in [3.05, 3.63) is 0 Å². The molecule has 0 aromatic heterocycles. The molecule has 0 amide bonds. The number of carbonyl (C=O) groups excluding carboxylic acids is 1. The highest BCUT2D eigenvalue weighted by Crippen LogP contribution is 2.31. The maximum atomic E-state index is 12.9. The van der Waals surface area contributed by atoms with Crippen LogP contribution in [0, 0.1) is 23.7 Å². The minimum Gasteiger partial charge on any atom is -0.463 e. The molecule has 2 aliphatic heterocycles. The highest BCUT2D eigenvalue weighted by molar-refractivity contribution is 5.72. The first-order valence-electron chi connectivity index (χ1n) is 12.6. The molecule has 8 nitrogen and oxygen atoms in total. The van der Waals surface area contributed by atoms with Crippen LogP contribution in [-0.2, 0) is 19.0 Å². The van der Waals surface area contributed by atoms with Gasteiger partial charge in [0, 0.05) is 19.0 Å². The Morgan fingerprint density at radius 1 is 0.939 bits per heavy atom. The summed E-state index contributed by atoms with van der Waals surface area (Å²) in [6, 6.07) is -0.330. The molecule has 2 aliphatic rings. The van der Waals surface area contributed by atoms with E-state index in [2.05, 4.69) is 13.8 Å². The van der Waals surface area contributed by atoms with Gasteiger partial charge in [-0.25, -0.2) is 0 Å². The maximum Gasteiger partial charge on any atom is 0.311 e. The van der Waals surface area contributed by atoms with Gasteiger partial charge >= 0.3 is 5.97 Å². The zero-order valence-electron chi connectivity index (χ0n) is 21.5. The number of ether oxygens (including phenoxy) is 3. The predicted molar refractivity (Wildman–Crippen MR) is 125 cm³/mol. The second-order valence-electron chi connectivity index (χ2n) is 10.9. The number of nitrogens with zero attached hydrogens (tertiary/aromatic N) is 1. The average molecular weight is 474 g/mol. The summed E-state index contributed by atoms with van der Waals surface area (Å²) in [6.07, 6.45) is -0.806. The summed E-state index contributed by atoms with van der Waals surface area (Å²) in [7, 11) is 1.88. The molecule has 3 N–H and O–H groups in total. The Morgan fingerprint density at radius 3 is 2.24 bits per heavy atom. The van der Waals surface area contributed by atoms with Crippen molar-refractivity contribution in [2.75, 3.05) is 20.2 Å². The molecule has 0 aliphatic carbocycles. The molecule has 194 valence electrons. The lowest BCUT2D eigenvalue weighted by atomic mass is 9.86. The molecule has 0 aromatic carbocycles. The van der Waals surface area contributed by atoms with Gasteiger partial charge in [0.1, 0.15) is 12.7 Å². The fraction of sp³-hybridized carbons (Fsp3) is 0.960. The van der Waals surface area contributed by atoms with Crippen molar-refractivity contribution in [2.45, 2.75) is 110 Å². The van der Waals surface area contributed by atoms with Gasteiger partial charge < -0.3 is 34.4 Å². The van der Waals surface area contributed by atoms with Crippen LogP contribution in [0.3, 0.4) is 0 Å². The molecule has 0 aromatic rings. The van der Waals surface area contributed by atoms with E-state index in [9.17, 15) is 20.1 Å². The van der Waals surface area contributed by atoms with Crippen molar-refractivity contribution in [3.63, 3.8) is 0 Å². The number of hydrogen-bond acceptors (Lipinski definition) is 8. The first-order valence-corrected chi connectivity index (χ1v) is 12.6. The Bertz CT molecular complexity index is 595. The van der Waals surface area contributed by atoms with Crippen LogP contribution >= 0.6 is 0 Å². The molecular formula is C25H47NO7. The lowest BCUT2D eigenvalue weighted by Crippen LogP contribution is -2.48. The summed E-state index contributed by atoms with van der Waals surface area (Å²) >= 11 is 0. The smallest absolute Gasteiger partial charge is 0.311 e. The largest absolute Gasteiger partial charge is 0.463 e. The lowest BCUT2D eigenvalue weighted by molar-refractivity contribution is -0.238. The Balaban J connectivity index is 2.21. The summed E-state index contributed by atoms with van der Waals surface area (Å²) < 4.78 is 17.8. The van der Waals surface area contributed by atoms with Gasteiger partial charge in [-0.2, -0.15) is 0 Å². The molecule has 33 heavy (non-hydrogen) atoms. The number of likely N-dealkylation sites (N-methyl/N-ethyl adjacent to an activating group) is 1. The molecule has 2 saturated heterocycles. The molecule has 2 heterocycles. The van der Waals surface area contributed by atoms with Gasteiger partial charge in [-0.1, -0.05) is 20.8 Å². The Morgan fingerprint density at radius 2 is 1.61 bits per heavy atom. The number of esters is 1. The minimum absolute atomic E-state index is 0.0839. The third-order valence-corrected chi connectivity index (χ3v) is 7.35. The van der Waals surface area contributed by atoms with Crippen molar-refractivity contribution in [3.8, 4) is 0 Å². The van der Waals surface area contributed by atoms with Crippen LogP contribution in [0.2, 0.25) is 0 Å². The van der Waals surface area contributed by atoms with E-state index in [4.69, 9.17) is 14.2 Å². The van der Waals surface area contributed by atoms with Crippen molar-refractivity contribution in [1.29, 1.82) is 0 Å². The number of aliphatic hydroxyl groups excluding tert-OH is 3. The van der Waals surface area contributed by atoms with Crippen LogP contribution in [0.15, 0.2) is 0 Å². The van der Waals surface area contributed by atoms with E-state index in [1.54, 1.807) is 6.92 Å². The summed E-state index contributed by atoms with van der Waals surface area (Å²) in [5, 5.41) is 31.8. The lowest BCUT2D eigenvalue weighted by Gasteiger charge is -2.38. The zero-order valence-corrected chi connectivity index (χ0v) is 21.5. The maximum absolute atomic E-state index is 12.9. The predicted octanol–water partition coefficient (Wildman–Crippen LogP) is 2.18. The van der Waals surface area contributed by atoms with E-state index < -0.39 is 42.6 Å². The fourth-order valence-corrected chi connectivity index (χ4v) is 5.34. The van der Waals surface area contributed by atoms with Crippen LogP contribution in [0.1, 0.15) is 67.2 Å². The van der Waals surface area contributed by atoms with Gasteiger partial charge in [0.25, 0.3) is 0 Å². The second-order valence-corrected chi connectivity index (χ2v) is 10.9.